The molecular formula is C14H19N3O2. The van der Waals surface area contributed by atoms with Gasteiger partial charge in [0, 0.05) is 18.5 Å². The third-order valence-corrected chi connectivity index (χ3v) is 2.98. The van der Waals surface area contributed by atoms with Gasteiger partial charge in [-0.05, 0) is 27.0 Å². The van der Waals surface area contributed by atoms with Gasteiger partial charge in [0.2, 0.25) is 5.89 Å². The number of ether oxygens (including phenoxy) is 1. The Labute approximate surface area is 113 Å². The van der Waals surface area contributed by atoms with E-state index in [4.69, 9.17) is 9.15 Å². The molecule has 1 atom stereocenters. The number of nitrogens with zero attached hydrogens (tertiary/aromatic N) is 2. The van der Waals surface area contributed by atoms with E-state index in [-0.39, 0.29) is 12.6 Å². The Balaban J connectivity index is 2.15. The maximum atomic E-state index is 5.78. The zero-order valence-electron chi connectivity index (χ0n) is 11.7. The molecule has 0 bridgehead atoms. The molecule has 1 aromatic carbocycles. The summed E-state index contributed by atoms with van der Waals surface area (Å²) in [4.78, 5) is 0. The first kappa shape index (κ1) is 13.5. The predicted octanol–water partition coefficient (Wildman–Crippen LogP) is 2.55. The fourth-order valence-electron chi connectivity index (χ4n) is 1.83. The molecular weight excluding hydrogens is 242 g/mol. The van der Waals surface area contributed by atoms with Gasteiger partial charge in [0.05, 0.1) is 0 Å². The molecule has 0 aliphatic heterocycles. The van der Waals surface area contributed by atoms with Crippen LogP contribution in [0.2, 0.25) is 0 Å². The van der Waals surface area contributed by atoms with Crippen molar-refractivity contribution in [1.29, 1.82) is 0 Å². The van der Waals surface area contributed by atoms with Crippen molar-refractivity contribution >= 4 is 0 Å². The molecule has 1 N–H and O–H groups in total. The van der Waals surface area contributed by atoms with Crippen molar-refractivity contribution < 1.29 is 9.15 Å². The van der Waals surface area contributed by atoms with Crippen LogP contribution in [-0.2, 0) is 6.61 Å². The van der Waals surface area contributed by atoms with Gasteiger partial charge in [0.25, 0.3) is 5.89 Å². The predicted molar refractivity (Wildman–Crippen MR) is 72.0 cm³/mol. The fraction of sp³-hybridized carbons (Fsp3) is 0.429. The van der Waals surface area contributed by atoms with Crippen LogP contribution in [0.1, 0.15) is 35.9 Å². The second-order valence-corrected chi connectivity index (χ2v) is 4.56. The lowest BCUT2D eigenvalue weighted by atomic mass is 10.0. The van der Waals surface area contributed by atoms with Gasteiger partial charge in [-0.3, -0.25) is 0 Å². The molecule has 2 aromatic rings. The van der Waals surface area contributed by atoms with E-state index >= 15 is 0 Å². The molecule has 0 saturated carbocycles. The quantitative estimate of drug-likeness (QED) is 0.896. The highest BCUT2D eigenvalue weighted by atomic mass is 16.5. The molecule has 0 saturated heterocycles. The minimum absolute atomic E-state index is 0.222. The second kappa shape index (κ2) is 5.84. The van der Waals surface area contributed by atoms with E-state index in [1.54, 1.807) is 6.92 Å². The SMILES string of the molecule is CNC(C)c1cc(C)ccc1OCc1nnc(C)o1. The molecule has 102 valence electrons. The summed E-state index contributed by atoms with van der Waals surface area (Å²) in [5.41, 5.74) is 2.33. The van der Waals surface area contributed by atoms with Crippen molar-refractivity contribution in [3.63, 3.8) is 0 Å². The zero-order valence-corrected chi connectivity index (χ0v) is 11.7. The molecule has 19 heavy (non-hydrogen) atoms. The van der Waals surface area contributed by atoms with Gasteiger partial charge in [0.15, 0.2) is 6.61 Å². The van der Waals surface area contributed by atoms with E-state index < -0.39 is 0 Å². The lowest BCUT2D eigenvalue weighted by Crippen LogP contribution is -2.14. The van der Waals surface area contributed by atoms with E-state index in [0.29, 0.717) is 11.8 Å². The van der Waals surface area contributed by atoms with Crippen LogP contribution in [0.15, 0.2) is 22.6 Å². The van der Waals surface area contributed by atoms with Crippen molar-refractivity contribution in [2.24, 2.45) is 0 Å². The molecule has 0 fully saturated rings. The summed E-state index contributed by atoms with van der Waals surface area (Å²) in [6.45, 7) is 6.21. The largest absolute Gasteiger partial charge is 0.483 e. The number of nitrogens with one attached hydrogen (secondary N) is 1. The first-order valence-electron chi connectivity index (χ1n) is 6.29. The van der Waals surface area contributed by atoms with Gasteiger partial charge >= 0.3 is 0 Å². The van der Waals surface area contributed by atoms with Crippen LogP contribution in [0.5, 0.6) is 5.75 Å². The maximum absolute atomic E-state index is 5.78. The summed E-state index contributed by atoms with van der Waals surface area (Å²) in [7, 11) is 1.93. The minimum atomic E-state index is 0.222. The number of rotatable bonds is 5. The van der Waals surface area contributed by atoms with Gasteiger partial charge in [-0.15, -0.1) is 10.2 Å². The van der Waals surface area contributed by atoms with Gasteiger partial charge < -0.3 is 14.5 Å². The normalized spacial score (nSPS) is 12.4. The van der Waals surface area contributed by atoms with Crippen LogP contribution >= 0.6 is 0 Å². The molecule has 2 rings (SSSR count). The summed E-state index contributed by atoms with van der Waals surface area (Å²) < 4.78 is 11.1. The Bertz CT molecular complexity index is 551. The van der Waals surface area contributed by atoms with Crippen LogP contribution in [0.4, 0.5) is 0 Å². The highest BCUT2D eigenvalue weighted by Gasteiger charge is 2.12. The average Bonchev–Trinajstić information content (AvgIpc) is 2.82. The Kier molecular flexibility index (Phi) is 4.16. The summed E-state index contributed by atoms with van der Waals surface area (Å²) in [5.74, 6) is 1.87. The molecule has 0 aliphatic rings. The maximum Gasteiger partial charge on any atom is 0.253 e. The minimum Gasteiger partial charge on any atom is -0.483 e. The molecule has 0 spiro atoms. The Morgan fingerprint density at radius 3 is 2.74 bits per heavy atom. The number of hydrogen-bond donors (Lipinski definition) is 1. The summed E-state index contributed by atoms with van der Waals surface area (Å²) in [6, 6.07) is 6.34. The first-order chi connectivity index (χ1) is 9.10. The molecule has 5 heteroatoms. The number of aromatic nitrogens is 2. The Morgan fingerprint density at radius 2 is 2.11 bits per heavy atom. The van der Waals surface area contributed by atoms with Crippen molar-refractivity contribution in [2.75, 3.05) is 7.05 Å². The van der Waals surface area contributed by atoms with Gasteiger partial charge in [-0.1, -0.05) is 17.7 Å². The van der Waals surface area contributed by atoms with Gasteiger partial charge in [-0.25, -0.2) is 0 Å². The summed E-state index contributed by atoms with van der Waals surface area (Å²) >= 11 is 0. The molecule has 1 aromatic heterocycles. The Morgan fingerprint density at radius 1 is 1.32 bits per heavy atom. The second-order valence-electron chi connectivity index (χ2n) is 4.56. The van der Waals surface area contributed by atoms with Crippen LogP contribution in [0.3, 0.4) is 0 Å². The molecule has 5 nitrogen and oxygen atoms in total. The third-order valence-electron chi connectivity index (χ3n) is 2.98. The van der Waals surface area contributed by atoms with Gasteiger partial charge in [0.1, 0.15) is 5.75 Å². The van der Waals surface area contributed by atoms with Crippen molar-refractivity contribution in [3.05, 3.63) is 41.1 Å². The molecule has 0 aliphatic carbocycles. The van der Waals surface area contributed by atoms with E-state index in [9.17, 15) is 0 Å². The zero-order chi connectivity index (χ0) is 13.8. The first-order valence-corrected chi connectivity index (χ1v) is 6.29. The third kappa shape index (κ3) is 3.32. The smallest absolute Gasteiger partial charge is 0.253 e. The van der Waals surface area contributed by atoms with Crippen LogP contribution in [-0.4, -0.2) is 17.2 Å². The molecule has 0 radical (unpaired) electrons. The standard InChI is InChI=1S/C14H19N3O2/c1-9-5-6-13(12(7-9)10(2)15-4)18-8-14-17-16-11(3)19-14/h5-7,10,15H,8H2,1-4H3. The van der Waals surface area contributed by atoms with E-state index in [1.165, 1.54) is 5.56 Å². The average molecular weight is 261 g/mol. The number of aryl methyl sites for hydroxylation is 2. The topological polar surface area (TPSA) is 60.2 Å². The fourth-order valence-corrected chi connectivity index (χ4v) is 1.83. The molecule has 1 heterocycles. The highest BCUT2D eigenvalue weighted by Crippen LogP contribution is 2.26. The van der Waals surface area contributed by atoms with Crippen molar-refractivity contribution in [1.82, 2.24) is 15.5 Å². The van der Waals surface area contributed by atoms with E-state index in [1.807, 2.05) is 19.2 Å². The highest BCUT2D eigenvalue weighted by molar-refractivity contribution is 5.38. The summed E-state index contributed by atoms with van der Waals surface area (Å²) in [6.07, 6.45) is 0. The Hall–Kier alpha value is -1.88. The van der Waals surface area contributed by atoms with Crippen LogP contribution in [0, 0.1) is 13.8 Å². The van der Waals surface area contributed by atoms with Crippen molar-refractivity contribution in [2.45, 2.75) is 33.4 Å². The lowest BCUT2D eigenvalue weighted by molar-refractivity contribution is 0.256. The van der Waals surface area contributed by atoms with Gasteiger partial charge in [-0.2, -0.15) is 0 Å². The molecule has 1 unspecified atom stereocenters. The van der Waals surface area contributed by atoms with E-state index in [0.717, 1.165) is 11.3 Å². The van der Waals surface area contributed by atoms with E-state index in [2.05, 4.69) is 35.4 Å². The monoisotopic (exact) mass is 261 g/mol. The number of hydrogen-bond acceptors (Lipinski definition) is 5. The van der Waals surface area contributed by atoms with Crippen LogP contribution in [0.25, 0.3) is 0 Å². The number of benzene rings is 1. The van der Waals surface area contributed by atoms with Crippen LogP contribution < -0.4 is 10.1 Å². The summed E-state index contributed by atoms with van der Waals surface area (Å²) in [5, 5.41) is 10.9. The molecule has 0 amide bonds. The lowest BCUT2D eigenvalue weighted by Gasteiger charge is -2.16. The van der Waals surface area contributed by atoms with Crippen molar-refractivity contribution in [3.8, 4) is 5.75 Å².